The molecule has 8 nitrogen and oxygen atoms in total. The fourth-order valence-electron chi connectivity index (χ4n) is 4.31. The van der Waals surface area contributed by atoms with Crippen LogP contribution in [0.4, 0.5) is 0 Å². The predicted molar refractivity (Wildman–Crippen MR) is 140 cm³/mol. The summed E-state index contributed by atoms with van der Waals surface area (Å²) in [7, 11) is 6.95. The molecule has 0 aromatic heterocycles. The molecule has 0 atom stereocenters. The summed E-state index contributed by atoms with van der Waals surface area (Å²) in [6.45, 7) is 0.710. The summed E-state index contributed by atoms with van der Waals surface area (Å²) in [5.41, 5.74) is 2.53. The number of allylic oxidation sites excluding steroid dienone is 1. The van der Waals surface area contributed by atoms with E-state index in [-0.39, 0.29) is 60.9 Å². The maximum absolute atomic E-state index is 13.9. The Morgan fingerprint density at radius 3 is 2.29 bits per heavy atom. The van der Waals surface area contributed by atoms with Crippen molar-refractivity contribution in [1.29, 1.82) is 0 Å². The summed E-state index contributed by atoms with van der Waals surface area (Å²) in [6, 6.07) is 17.5. The third kappa shape index (κ3) is 6.57. The monoisotopic (exact) mass is 527 g/mol. The number of carboxylic acid groups (broad SMARTS) is 1. The van der Waals surface area contributed by atoms with Crippen molar-refractivity contribution in [1.82, 2.24) is 4.90 Å². The number of nitrogens with zero attached hydrogens (tertiary/aromatic N) is 1. The Morgan fingerprint density at radius 2 is 1.66 bits per heavy atom. The Bertz CT molecular complexity index is 1360. The van der Waals surface area contributed by atoms with Crippen LogP contribution < -0.4 is 48.5 Å². The number of hydrogen-bond donors (Lipinski definition) is 1. The van der Waals surface area contributed by atoms with Crippen molar-refractivity contribution in [2.24, 2.45) is 0 Å². The SMILES string of the molecule is COc1ccc(C(=O)/C(Cc2cccc(CN(C)C)c2)=C(/C(=O)O)c2cc(OC)c3c(c2)OCO3)cc1.[H-].[Na+]. The summed E-state index contributed by atoms with van der Waals surface area (Å²) in [5, 5.41) is 10.4. The molecule has 0 saturated carbocycles. The molecule has 0 saturated heterocycles. The molecule has 38 heavy (non-hydrogen) atoms. The smallest absolute Gasteiger partial charge is 1.00 e. The van der Waals surface area contributed by atoms with Gasteiger partial charge in [0, 0.05) is 24.1 Å². The topological polar surface area (TPSA) is 94.5 Å². The van der Waals surface area contributed by atoms with Gasteiger partial charge in [-0.3, -0.25) is 4.79 Å². The van der Waals surface area contributed by atoms with E-state index in [1.54, 1.807) is 43.5 Å². The molecule has 1 aliphatic rings. The van der Waals surface area contributed by atoms with Crippen LogP contribution in [-0.2, 0) is 17.8 Å². The standard InChI is InChI=1S/C29H29NO7.Na.H/c1-30(2)16-19-7-5-6-18(12-19)13-23(27(31)20-8-10-22(34-3)11-9-20)26(29(32)33)21-14-24(35-4)28-25(15-21)36-17-37-28;;/h5-12,14-15H,13,16-17H2,1-4H3,(H,32,33);;/q;+1;-1/b26-23+;;. The summed E-state index contributed by atoms with van der Waals surface area (Å²) in [5.74, 6) is 0.0510. The molecule has 0 amide bonds. The molecule has 0 fully saturated rings. The average molecular weight is 528 g/mol. The van der Waals surface area contributed by atoms with E-state index in [2.05, 4.69) is 0 Å². The molecule has 0 bridgehead atoms. The summed E-state index contributed by atoms with van der Waals surface area (Å²) < 4.78 is 21.6. The third-order valence-corrected chi connectivity index (χ3v) is 5.96. The van der Waals surface area contributed by atoms with Crippen molar-refractivity contribution >= 4 is 17.3 Å². The quantitative estimate of drug-likeness (QED) is 0.241. The van der Waals surface area contributed by atoms with Crippen LogP contribution in [0.5, 0.6) is 23.0 Å². The molecule has 1 heterocycles. The largest absolute Gasteiger partial charge is 1.00 e. The number of fused-ring (bicyclic) bond motifs is 1. The van der Waals surface area contributed by atoms with Gasteiger partial charge in [-0.15, -0.1) is 0 Å². The predicted octanol–water partition coefficient (Wildman–Crippen LogP) is 1.57. The van der Waals surface area contributed by atoms with Crippen molar-refractivity contribution in [3.63, 3.8) is 0 Å². The van der Waals surface area contributed by atoms with Gasteiger partial charge in [0.25, 0.3) is 0 Å². The zero-order chi connectivity index (χ0) is 26.5. The van der Waals surface area contributed by atoms with Gasteiger partial charge in [0.05, 0.1) is 19.8 Å². The van der Waals surface area contributed by atoms with Crippen molar-refractivity contribution in [2.45, 2.75) is 13.0 Å². The number of carboxylic acids is 1. The van der Waals surface area contributed by atoms with Gasteiger partial charge >= 0.3 is 35.5 Å². The zero-order valence-electron chi connectivity index (χ0n) is 23.2. The first-order valence-corrected chi connectivity index (χ1v) is 11.7. The number of rotatable bonds is 10. The van der Waals surface area contributed by atoms with E-state index in [9.17, 15) is 14.7 Å². The van der Waals surface area contributed by atoms with Crippen LogP contribution in [-0.4, -0.2) is 56.9 Å². The van der Waals surface area contributed by atoms with Gasteiger partial charge in [-0.25, -0.2) is 4.79 Å². The Labute approximate surface area is 245 Å². The zero-order valence-corrected chi connectivity index (χ0v) is 24.2. The van der Waals surface area contributed by atoms with Crippen molar-refractivity contribution in [3.05, 3.63) is 88.5 Å². The first kappa shape index (κ1) is 29.3. The molecule has 0 unspecified atom stereocenters. The molecular weight excluding hydrogens is 497 g/mol. The van der Waals surface area contributed by atoms with E-state index >= 15 is 0 Å². The van der Waals surface area contributed by atoms with Crippen LogP contribution in [0.15, 0.2) is 66.2 Å². The molecule has 3 aromatic carbocycles. The Morgan fingerprint density at radius 1 is 0.947 bits per heavy atom. The van der Waals surface area contributed by atoms with Gasteiger partial charge in [-0.1, -0.05) is 24.3 Å². The minimum Gasteiger partial charge on any atom is -1.00 e. The van der Waals surface area contributed by atoms with Crippen LogP contribution >= 0.6 is 0 Å². The number of Topliss-reactive ketones (excluding diaryl/α,β-unsaturated/α-hetero) is 1. The summed E-state index contributed by atoms with van der Waals surface area (Å²) in [6.07, 6.45) is 0.116. The fraction of sp³-hybridized carbons (Fsp3) is 0.241. The maximum Gasteiger partial charge on any atom is 1.00 e. The molecule has 194 valence electrons. The van der Waals surface area contributed by atoms with Crippen LogP contribution in [0.2, 0.25) is 0 Å². The van der Waals surface area contributed by atoms with Gasteiger partial charge in [0.2, 0.25) is 12.5 Å². The summed E-state index contributed by atoms with van der Waals surface area (Å²) >= 11 is 0. The number of ether oxygens (including phenoxy) is 4. The normalized spacial score (nSPS) is 12.4. The van der Waals surface area contributed by atoms with Crippen molar-refractivity contribution in [2.75, 3.05) is 35.1 Å². The minimum atomic E-state index is -1.23. The van der Waals surface area contributed by atoms with Gasteiger partial charge in [-0.05, 0) is 67.2 Å². The van der Waals surface area contributed by atoms with E-state index in [1.165, 1.54) is 7.11 Å². The van der Waals surface area contributed by atoms with Crippen LogP contribution in [0, 0.1) is 0 Å². The van der Waals surface area contributed by atoms with E-state index in [0.29, 0.717) is 35.1 Å². The van der Waals surface area contributed by atoms with Gasteiger partial charge in [0.1, 0.15) is 5.75 Å². The molecule has 0 spiro atoms. The number of hydrogen-bond acceptors (Lipinski definition) is 7. The van der Waals surface area contributed by atoms with E-state index in [1.807, 2.05) is 43.3 Å². The number of ketones is 1. The van der Waals surface area contributed by atoms with Gasteiger partial charge in [0.15, 0.2) is 17.3 Å². The van der Waals surface area contributed by atoms with Gasteiger partial charge in [-0.2, -0.15) is 0 Å². The second kappa shape index (κ2) is 13.0. The molecule has 3 aromatic rings. The molecule has 9 heteroatoms. The third-order valence-electron chi connectivity index (χ3n) is 5.96. The first-order chi connectivity index (χ1) is 17.8. The number of carbonyl (C=O) groups excluding carboxylic acids is 1. The number of benzene rings is 3. The molecular formula is C29H30NNaO7. The van der Waals surface area contributed by atoms with E-state index in [4.69, 9.17) is 18.9 Å². The molecule has 4 rings (SSSR count). The second-order valence-electron chi connectivity index (χ2n) is 8.86. The molecule has 1 N–H and O–H groups in total. The Hall–Kier alpha value is -3.30. The number of carbonyl (C=O) groups is 2. The molecule has 0 aliphatic carbocycles. The molecule has 0 radical (unpaired) electrons. The Kier molecular flexibility index (Phi) is 9.99. The minimum absolute atomic E-state index is 0. The Balaban J connectivity index is 0.00000267. The first-order valence-electron chi connectivity index (χ1n) is 11.7. The second-order valence-corrected chi connectivity index (χ2v) is 8.86. The van der Waals surface area contributed by atoms with E-state index < -0.39 is 11.8 Å². The van der Waals surface area contributed by atoms with Crippen LogP contribution in [0.1, 0.15) is 28.5 Å². The molecule has 1 aliphatic heterocycles. The fourth-order valence-corrected chi connectivity index (χ4v) is 4.31. The van der Waals surface area contributed by atoms with Gasteiger partial charge < -0.3 is 30.4 Å². The van der Waals surface area contributed by atoms with Crippen molar-refractivity contribution in [3.8, 4) is 23.0 Å². The van der Waals surface area contributed by atoms with Crippen LogP contribution in [0.25, 0.3) is 5.57 Å². The van der Waals surface area contributed by atoms with Crippen molar-refractivity contribution < 1.29 is 64.6 Å². The number of methoxy groups -OCH3 is 2. The summed E-state index contributed by atoms with van der Waals surface area (Å²) in [4.78, 5) is 28.6. The van der Waals surface area contributed by atoms with Crippen LogP contribution in [0.3, 0.4) is 0 Å². The number of aliphatic carboxylic acids is 1. The van der Waals surface area contributed by atoms with E-state index in [0.717, 1.165) is 11.1 Å². The maximum atomic E-state index is 13.9. The average Bonchev–Trinajstić information content (AvgIpc) is 3.36.